The molecule has 114 valence electrons. The summed E-state index contributed by atoms with van der Waals surface area (Å²) in [7, 11) is 0. The summed E-state index contributed by atoms with van der Waals surface area (Å²) < 4.78 is 5.33. The van der Waals surface area contributed by atoms with Gasteiger partial charge in [-0.05, 0) is 29.8 Å². The van der Waals surface area contributed by atoms with Gasteiger partial charge in [-0.1, -0.05) is 30.3 Å². The molecule has 0 amide bonds. The quantitative estimate of drug-likeness (QED) is 0.881. The molecule has 0 bridgehead atoms. The van der Waals surface area contributed by atoms with Crippen molar-refractivity contribution in [1.82, 2.24) is 0 Å². The van der Waals surface area contributed by atoms with Crippen molar-refractivity contribution in [3.8, 4) is 0 Å². The Kier molecular flexibility index (Phi) is 4.51. The molecule has 1 N–H and O–H groups in total. The van der Waals surface area contributed by atoms with E-state index in [0.29, 0.717) is 11.1 Å². The molecule has 1 heterocycles. The van der Waals surface area contributed by atoms with E-state index in [1.807, 2.05) is 30.3 Å². The third-order valence-corrected chi connectivity index (χ3v) is 3.89. The second kappa shape index (κ2) is 6.73. The lowest BCUT2D eigenvalue weighted by Crippen LogP contribution is -2.36. The van der Waals surface area contributed by atoms with Gasteiger partial charge in [0.15, 0.2) is 5.78 Å². The lowest BCUT2D eigenvalue weighted by Gasteiger charge is -2.28. The molecule has 2 aromatic carbocycles. The molecule has 4 heteroatoms. The van der Waals surface area contributed by atoms with Crippen molar-refractivity contribution in [2.45, 2.75) is 6.10 Å². The first-order valence-corrected chi connectivity index (χ1v) is 7.46. The van der Waals surface area contributed by atoms with E-state index < -0.39 is 6.10 Å². The Bertz CT molecular complexity index is 619. The van der Waals surface area contributed by atoms with Crippen LogP contribution in [0, 0.1) is 0 Å². The lowest BCUT2D eigenvalue weighted by atomic mass is 10.00. The van der Waals surface area contributed by atoms with Gasteiger partial charge in [-0.15, -0.1) is 0 Å². The molecule has 2 aromatic rings. The Morgan fingerprint density at radius 3 is 2.27 bits per heavy atom. The number of rotatable bonds is 4. The molecule has 1 aliphatic rings. The lowest BCUT2D eigenvalue weighted by molar-refractivity contribution is 0.0747. The molecule has 4 nitrogen and oxygen atoms in total. The Labute approximate surface area is 130 Å². The molecular weight excluding hydrogens is 278 g/mol. The molecule has 0 spiro atoms. The van der Waals surface area contributed by atoms with E-state index in [0.717, 1.165) is 32.0 Å². The van der Waals surface area contributed by atoms with E-state index >= 15 is 0 Å². The number of carbonyl (C=O) groups is 1. The van der Waals surface area contributed by atoms with Crippen molar-refractivity contribution in [2.24, 2.45) is 0 Å². The molecule has 1 unspecified atom stereocenters. The Morgan fingerprint density at radius 1 is 1.00 bits per heavy atom. The number of aliphatic hydroxyl groups excluding tert-OH is 1. The van der Waals surface area contributed by atoms with Gasteiger partial charge in [0.2, 0.25) is 0 Å². The van der Waals surface area contributed by atoms with Gasteiger partial charge >= 0.3 is 0 Å². The number of ketones is 1. The van der Waals surface area contributed by atoms with Crippen LogP contribution in [0.15, 0.2) is 54.6 Å². The summed E-state index contributed by atoms with van der Waals surface area (Å²) in [5.41, 5.74) is 2.21. The number of benzene rings is 2. The van der Waals surface area contributed by atoms with Crippen LogP contribution in [0.3, 0.4) is 0 Å². The van der Waals surface area contributed by atoms with Gasteiger partial charge in [0, 0.05) is 24.3 Å². The van der Waals surface area contributed by atoms with Crippen molar-refractivity contribution in [3.63, 3.8) is 0 Å². The summed E-state index contributed by atoms with van der Waals surface area (Å²) in [6.07, 6.45) is -1.12. The van der Waals surface area contributed by atoms with Crippen molar-refractivity contribution < 1.29 is 14.6 Å². The molecule has 0 saturated carbocycles. The highest BCUT2D eigenvalue weighted by molar-refractivity contribution is 6.00. The standard InChI is InChI=1S/C18H19NO3/c20-17(14-4-2-1-3-5-14)18(21)15-6-8-16(9-7-15)19-10-12-22-13-11-19/h1-9,17,20H,10-13H2. The van der Waals surface area contributed by atoms with Gasteiger partial charge in [0.1, 0.15) is 6.10 Å². The molecule has 22 heavy (non-hydrogen) atoms. The van der Waals surface area contributed by atoms with Crippen LogP contribution in [0.25, 0.3) is 0 Å². The van der Waals surface area contributed by atoms with Crippen LogP contribution in [-0.2, 0) is 4.74 Å². The zero-order valence-electron chi connectivity index (χ0n) is 12.3. The number of nitrogens with zero attached hydrogens (tertiary/aromatic N) is 1. The average Bonchev–Trinajstić information content (AvgIpc) is 2.62. The van der Waals surface area contributed by atoms with E-state index in [-0.39, 0.29) is 5.78 Å². The second-order valence-corrected chi connectivity index (χ2v) is 5.32. The van der Waals surface area contributed by atoms with Crippen LogP contribution in [-0.4, -0.2) is 37.2 Å². The number of carbonyl (C=O) groups excluding carboxylic acids is 1. The number of hydrogen-bond donors (Lipinski definition) is 1. The van der Waals surface area contributed by atoms with E-state index in [2.05, 4.69) is 4.90 Å². The third-order valence-electron chi connectivity index (χ3n) is 3.89. The summed E-state index contributed by atoms with van der Waals surface area (Å²) in [6.45, 7) is 3.18. The zero-order valence-corrected chi connectivity index (χ0v) is 12.3. The van der Waals surface area contributed by atoms with Crippen molar-refractivity contribution >= 4 is 11.5 Å². The Hall–Kier alpha value is -2.17. The van der Waals surface area contributed by atoms with Crippen molar-refractivity contribution in [2.75, 3.05) is 31.2 Å². The van der Waals surface area contributed by atoms with Gasteiger partial charge in [-0.3, -0.25) is 4.79 Å². The predicted molar refractivity (Wildman–Crippen MR) is 85.2 cm³/mol. The number of Topliss-reactive ketones (excluding diaryl/α,β-unsaturated/α-hetero) is 1. The fourth-order valence-corrected chi connectivity index (χ4v) is 2.60. The summed E-state index contributed by atoms with van der Waals surface area (Å²) in [5, 5.41) is 10.2. The SMILES string of the molecule is O=C(c1ccc(N2CCOCC2)cc1)C(O)c1ccccc1. The minimum atomic E-state index is -1.12. The number of anilines is 1. The Balaban J connectivity index is 1.73. The maximum atomic E-state index is 12.3. The van der Waals surface area contributed by atoms with Crippen LogP contribution in [0.4, 0.5) is 5.69 Å². The maximum absolute atomic E-state index is 12.3. The topological polar surface area (TPSA) is 49.8 Å². The minimum absolute atomic E-state index is 0.278. The molecule has 1 atom stereocenters. The molecular formula is C18H19NO3. The Morgan fingerprint density at radius 2 is 1.64 bits per heavy atom. The summed E-state index contributed by atoms with van der Waals surface area (Å²) >= 11 is 0. The normalized spacial score (nSPS) is 16.3. The van der Waals surface area contributed by atoms with E-state index in [4.69, 9.17) is 4.74 Å². The maximum Gasteiger partial charge on any atom is 0.195 e. The summed E-state index contributed by atoms with van der Waals surface area (Å²) in [5.74, 6) is -0.278. The van der Waals surface area contributed by atoms with Gasteiger partial charge in [-0.25, -0.2) is 0 Å². The number of aliphatic hydroxyl groups is 1. The highest BCUT2D eigenvalue weighted by Gasteiger charge is 2.19. The molecule has 0 aromatic heterocycles. The van der Waals surface area contributed by atoms with Crippen LogP contribution < -0.4 is 4.90 Å². The molecule has 0 radical (unpaired) electrons. The van der Waals surface area contributed by atoms with Crippen molar-refractivity contribution in [3.05, 3.63) is 65.7 Å². The van der Waals surface area contributed by atoms with Gasteiger partial charge in [0.05, 0.1) is 13.2 Å². The van der Waals surface area contributed by atoms with Gasteiger partial charge in [-0.2, -0.15) is 0 Å². The first kappa shape index (κ1) is 14.8. The monoisotopic (exact) mass is 297 g/mol. The van der Waals surface area contributed by atoms with Crippen LogP contribution in [0.2, 0.25) is 0 Å². The van der Waals surface area contributed by atoms with E-state index in [1.54, 1.807) is 24.3 Å². The minimum Gasteiger partial charge on any atom is -0.380 e. The van der Waals surface area contributed by atoms with Crippen LogP contribution in [0.1, 0.15) is 22.0 Å². The van der Waals surface area contributed by atoms with Gasteiger partial charge < -0.3 is 14.7 Å². The van der Waals surface area contributed by atoms with E-state index in [1.165, 1.54) is 0 Å². The highest BCUT2D eigenvalue weighted by Crippen LogP contribution is 2.21. The average molecular weight is 297 g/mol. The molecule has 3 rings (SSSR count). The molecule has 1 fully saturated rings. The fraction of sp³-hybridized carbons (Fsp3) is 0.278. The second-order valence-electron chi connectivity index (χ2n) is 5.32. The third kappa shape index (κ3) is 3.18. The number of morpholine rings is 1. The molecule has 1 saturated heterocycles. The predicted octanol–water partition coefficient (Wildman–Crippen LogP) is 2.44. The van der Waals surface area contributed by atoms with Crippen LogP contribution >= 0.6 is 0 Å². The first-order valence-electron chi connectivity index (χ1n) is 7.46. The van der Waals surface area contributed by atoms with Crippen molar-refractivity contribution in [1.29, 1.82) is 0 Å². The molecule has 0 aliphatic carbocycles. The zero-order chi connectivity index (χ0) is 15.4. The highest BCUT2D eigenvalue weighted by atomic mass is 16.5. The first-order chi connectivity index (χ1) is 10.8. The number of ether oxygens (including phenoxy) is 1. The van der Waals surface area contributed by atoms with E-state index in [9.17, 15) is 9.90 Å². The summed E-state index contributed by atoms with van der Waals surface area (Å²) in [6, 6.07) is 16.4. The molecule has 1 aliphatic heterocycles. The smallest absolute Gasteiger partial charge is 0.195 e. The largest absolute Gasteiger partial charge is 0.380 e. The fourth-order valence-electron chi connectivity index (χ4n) is 2.60. The van der Waals surface area contributed by atoms with Gasteiger partial charge in [0.25, 0.3) is 0 Å². The number of hydrogen-bond acceptors (Lipinski definition) is 4. The summed E-state index contributed by atoms with van der Waals surface area (Å²) in [4.78, 5) is 14.6. The van der Waals surface area contributed by atoms with Crippen LogP contribution in [0.5, 0.6) is 0 Å².